The molecule has 1 aromatic heterocycles. The molecule has 0 amide bonds. The van der Waals surface area contributed by atoms with E-state index >= 15 is 0 Å². The molecule has 0 radical (unpaired) electrons. The van der Waals surface area contributed by atoms with Crippen molar-refractivity contribution in [2.75, 3.05) is 17.7 Å². The van der Waals surface area contributed by atoms with Crippen molar-refractivity contribution in [3.05, 3.63) is 59.3 Å². The van der Waals surface area contributed by atoms with E-state index < -0.39 is 0 Å². The van der Waals surface area contributed by atoms with Gasteiger partial charge in [0.1, 0.15) is 0 Å². The number of rotatable bonds is 3. The molecule has 0 atom stereocenters. The first kappa shape index (κ1) is 12.9. The zero-order chi connectivity index (χ0) is 13.9. The van der Waals surface area contributed by atoms with Crippen LogP contribution in [0.15, 0.2) is 59.3 Å². The van der Waals surface area contributed by atoms with Gasteiger partial charge in [-0.05, 0) is 41.1 Å². The SMILES string of the molecule is CNc1cncc(Nc2ccc3cc(Br)ccc3c2)c1. The van der Waals surface area contributed by atoms with Crippen LogP contribution in [0.1, 0.15) is 0 Å². The number of nitrogens with zero attached hydrogens (tertiary/aromatic N) is 1. The quantitative estimate of drug-likeness (QED) is 0.726. The highest BCUT2D eigenvalue weighted by molar-refractivity contribution is 9.10. The third-order valence-electron chi connectivity index (χ3n) is 3.12. The summed E-state index contributed by atoms with van der Waals surface area (Å²) in [7, 11) is 1.88. The lowest BCUT2D eigenvalue weighted by Crippen LogP contribution is -1.94. The Morgan fingerprint density at radius 1 is 0.850 bits per heavy atom. The van der Waals surface area contributed by atoms with E-state index in [-0.39, 0.29) is 0 Å². The molecular weight excluding hydrogens is 314 g/mol. The van der Waals surface area contributed by atoms with Crippen LogP contribution in [-0.2, 0) is 0 Å². The van der Waals surface area contributed by atoms with Crippen molar-refractivity contribution in [1.29, 1.82) is 0 Å². The van der Waals surface area contributed by atoms with Crippen molar-refractivity contribution in [1.82, 2.24) is 4.98 Å². The van der Waals surface area contributed by atoms with E-state index in [0.717, 1.165) is 21.5 Å². The van der Waals surface area contributed by atoms with Crippen LogP contribution in [0.2, 0.25) is 0 Å². The fourth-order valence-electron chi connectivity index (χ4n) is 2.11. The maximum Gasteiger partial charge on any atom is 0.0591 e. The van der Waals surface area contributed by atoms with Gasteiger partial charge in [-0.3, -0.25) is 4.98 Å². The van der Waals surface area contributed by atoms with Crippen LogP contribution in [0.3, 0.4) is 0 Å². The molecule has 0 unspecified atom stereocenters. The molecule has 2 aromatic carbocycles. The first-order valence-electron chi connectivity index (χ1n) is 6.34. The van der Waals surface area contributed by atoms with Crippen molar-refractivity contribution in [2.24, 2.45) is 0 Å². The number of anilines is 3. The Morgan fingerprint density at radius 3 is 2.45 bits per heavy atom. The van der Waals surface area contributed by atoms with Gasteiger partial charge in [-0.15, -0.1) is 0 Å². The zero-order valence-corrected chi connectivity index (χ0v) is 12.6. The van der Waals surface area contributed by atoms with E-state index in [4.69, 9.17) is 0 Å². The number of hydrogen-bond donors (Lipinski definition) is 2. The maximum atomic E-state index is 4.19. The number of nitrogens with one attached hydrogen (secondary N) is 2. The maximum absolute atomic E-state index is 4.19. The number of benzene rings is 2. The smallest absolute Gasteiger partial charge is 0.0591 e. The topological polar surface area (TPSA) is 37.0 Å². The van der Waals surface area contributed by atoms with E-state index in [0.29, 0.717) is 0 Å². The summed E-state index contributed by atoms with van der Waals surface area (Å²) in [4.78, 5) is 4.19. The van der Waals surface area contributed by atoms with Gasteiger partial charge in [-0.25, -0.2) is 0 Å². The van der Waals surface area contributed by atoms with Gasteiger partial charge < -0.3 is 10.6 Å². The van der Waals surface area contributed by atoms with Gasteiger partial charge in [0.2, 0.25) is 0 Å². The second-order valence-corrected chi connectivity index (χ2v) is 5.46. The minimum Gasteiger partial charge on any atom is -0.387 e. The lowest BCUT2D eigenvalue weighted by atomic mass is 10.1. The van der Waals surface area contributed by atoms with E-state index in [1.165, 1.54) is 10.8 Å². The summed E-state index contributed by atoms with van der Waals surface area (Å²) in [5.41, 5.74) is 3.00. The molecule has 0 bridgehead atoms. The largest absolute Gasteiger partial charge is 0.387 e. The van der Waals surface area contributed by atoms with Gasteiger partial charge in [0.25, 0.3) is 0 Å². The van der Waals surface area contributed by atoms with Crippen LogP contribution in [0.4, 0.5) is 17.1 Å². The molecule has 100 valence electrons. The highest BCUT2D eigenvalue weighted by Crippen LogP contribution is 2.25. The molecule has 3 nitrogen and oxygen atoms in total. The summed E-state index contributed by atoms with van der Waals surface area (Å²) in [6.07, 6.45) is 3.61. The number of hydrogen-bond acceptors (Lipinski definition) is 3. The van der Waals surface area contributed by atoms with Gasteiger partial charge in [-0.2, -0.15) is 0 Å². The molecule has 0 aliphatic heterocycles. The molecule has 0 aliphatic carbocycles. The minimum atomic E-state index is 0.966. The number of halogens is 1. The van der Waals surface area contributed by atoms with Crippen LogP contribution in [-0.4, -0.2) is 12.0 Å². The van der Waals surface area contributed by atoms with Crippen molar-refractivity contribution >= 4 is 43.8 Å². The molecule has 0 saturated heterocycles. The van der Waals surface area contributed by atoms with Crippen LogP contribution in [0.5, 0.6) is 0 Å². The van der Waals surface area contributed by atoms with Crippen molar-refractivity contribution in [3.63, 3.8) is 0 Å². The van der Waals surface area contributed by atoms with Crippen LogP contribution >= 0.6 is 15.9 Å². The Balaban J connectivity index is 1.92. The monoisotopic (exact) mass is 327 g/mol. The van der Waals surface area contributed by atoms with Crippen LogP contribution < -0.4 is 10.6 Å². The normalized spacial score (nSPS) is 10.5. The Labute approximate surface area is 126 Å². The molecule has 1 heterocycles. The first-order chi connectivity index (χ1) is 9.74. The Morgan fingerprint density at radius 2 is 1.60 bits per heavy atom. The summed E-state index contributed by atoms with van der Waals surface area (Å²) >= 11 is 3.49. The third-order valence-corrected chi connectivity index (χ3v) is 3.61. The van der Waals surface area contributed by atoms with Crippen molar-refractivity contribution < 1.29 is 0 Å². The molecule has 0 fully saturated rings. The molecule has 0 spiro atoms. The second-order valence-electron chi connectivity index (χ2n) is 4.54. The van der Waals surface area contributed by atoms with E-state index in [9.17, 15) is 0 Å². The first-order valence-corrected chi connectivity index (χ1v) is 7.13. The van der Waals surface area contributed by atoms with Crippen LogP contribution in [0, 0.1) is 0 Å². The summed E-state index contributed by atoms with van der Waals surface area (Å²) in [5.74, 6) is 0. The van der Waals surface area contributed by atoms with Crippen molar-refractivity contribution in [3.8, 4) is 0 Å². The predicted molar refractivity (Wildman–Crippen MR) is 88.7 cm³/mol. The van der Waals surface area contributed by atoms with Gasteiger partial charge in [0.05, 0.1) is 23.8 Å². The minimum absolute atomic E-state index is 0.966. The van der Waals surface area contributed by atoms with Gasteiger partial charge in [0.15, 0.2) is 0 Å². The van der Waals surface area contributed by atoms with E-state index in [1.807, 2.05) is 19.3 Å². The molecule has 0 aliphatic rings. The fourth-order valence-corrected chi connectivity index (χ4v) is 2.48. The van der Waals surface area contributed by atoms with Crippen LogP contribution in [0.25, 0.3) is 10.8 Å². The lowest BCUT2D eigenvalue weighted by Gasteiger charge is -2.09. The fraction of sp³-hybridized carbons (Fsp3) is 0.0625. The number of pyridine rings is 1. The molecule has 2 N–H and O–H groups in total. The van der Waals surface area contributed by atoms with Gasteiger partial charge in [-0.1, -0.05) is 28.1 Å². The molecule has 3 rings (SSSR count). The second kappa shape index (κ2) is 5.51. The highest BCUT2D eigenvalue weighted by atomic mass is 79.9. The highest BCUT2D eigenvalue weighted by Gasteiger charge is 2.00. The lowest BCUT2D eigenvalue weighted by molar-refractivity contribution is 1.31. The average Bonchev–Trinajstić information content (AvgIpc) is 2.47. The Hall–Kier alpha value is -2.07. The van der Waals surface area contributed by atoms with E-state index in [2.05, 4.69) is 67.9 Å². The number of aromatic nitrogens is 1. The molecule has 0 saturated carbocycles. The van der Waals surface area contributed by atoms with Gasteiger partial charge in [0, 0.05) is 17.2 Å². The zero-order valence-electron chi connectivity index (χ0n) is 11.0. The van der Waals surface area contributed by atoms with Gasteiger partial charge >= 0.3 is 0 Å². The summed E-state index contributed by atoms with van der Waals surface area (Å²) in [6.45, 7) is 0. The molecule has 4 heteroatoms. The van der Waals surface area contributed by atoms with E-state index in [1.54, 1.807) is 6.20 Å². The average molecular weight is 328 g/mol. The third kappa shape index (κ3) is 2.75. The summed E-state index contributed by atoms with van der Waals surface area (Å²) in [6, 6.07) is 14.6. The Bertz CT molecular complexity index is 756. The molecule has 20 heavy (non-hydrogen) atoms. The number of fused-ring (bicyclic) bond motifs is 1. The standard InChI is InChI=1S/C16H14BrN3/c1-18-15-8-16(10-19-9-15)20-14-5-3-11-6-13(17)4-2-12(11)7-14/h2-10,18,20H,1H3. The summed E-state index contributed by atoms with van der Waals surface area (Å²) in [5, 5.41) is 8.87. The summed E-state index contributed by atoms with van der Waals surface area (Å²) < 4.78 is 1.09. The molecular formula is C16H14BrN3. The predicted octanol–water partition coefficient (Wildman–Crippen LogP) is 4.78. The van der Waals surface area contributed by atoms with Crippen molar-refractivity contribution in [2.45, 2.75) is 0 Å². The molecule has 3 aromatic rings. The Kier molecular flexibility index (Phi) is 3.56.